The monoisotopic (exact) mass is 330 g/mol. The summed E-state index contributed by atoms with van der Waals surface area (Å²) in [5, 5.41) is 3.36. The van der Waals surface area contributed by atoms with Crippen LogP contribution in [0.3, 0.4) is 0 Å². The van der Waals surface area contributed by atoms with Crippen molar-refractivity contribution < 1.29 is 8.42 Å². The maximum absolute atomic E-state index is 12.2. The number of anilines is 1. The first-order valence-corrected chi connectivity index (χ1v) is 8.29. The third-order valence-corrected chi connectivity index (χ3v) is 4.45. The molecule has 0 spiro atoms. The van der Waals surface area contributed by atoms with Crippen molar-refractivity contribution >= 4 is 33.3 Å². The van der Waals surface area contributed by atoms with E-state index < -0.39 is 15.6 Å². The summed E-state index contributed by atoms with van der Waals surface area (Å²) in [6.07, 6.45) is 0. The van der Waals surface area contributed by atoms with E-state index in [-0.39, 0.29) is 10.9 Å². The van der Waals surface area contributed by atoms with Gasteiger partial charge in [0.1, 0.15) is 4.90 Å². The fraction of sp³-hybridized carbons (Fsp3) is 0.462. The van der Waals surface area contributed by atoms with E-state index in [1.54, 1.807) is 12.1 Å². The molecule has 0 fully saturated rings. The fourth-order valence-corrected chi connectivity index (χ4v) is 3.71. The van der Waals surface area contributed by atoms with E-state index >= 15 is 0 Å². The van der Waals surface area contributed by atoms with E-state index in [1.807, 2.05) is 32.8 Å². The van der Waals surface area contributed by atoms with Crippen LogP contribution in [0.1, 0.15) is 13.8 Å². The molecule has 1 aliphatic heterocycles. The molecule has 116 valence electrons. The Labute approximate surface area is 130 Å². The van der Waals surface area contributed by atoms with E-state index in [1.165, 1.54) is 6.07 Å². The smallest absolute Gasteiger partial charge is 0.266 e. The van der Waals surface area contributed by atoms with Gasteiger partial charge < -0.3 is 10.2 Å². The van der Waals surface area contributed by atoms with Crippen molar-refractivity contribution in [2.75, 3.05) is 26.0 Å². The molecule has 1 aliphatic rings. The Hall–Kier alpha value is -1.31. The van der Waals surface area contributed by atoms with Crippen molar-refractivity contribution in [3.05, 3.63) is 23.2 Å². The number of nitrogens with zero attached hydrogens (tertiary/aromatic N) is 2. The number of sulfonamides is 1. The number of likely N-dealkylation sites (N-methyl/N-ethyl adjacent to an activating group) is 1. The van der Waals surface area contributed by atoms with Crippen LogP contribution in [0, 0.1) is 0 Å². The number of benzene rings is 1. The minimum Gasteiger partial charge on any atom is -0.324 e. The number of fused-ring (bicyclic) bond motifs is 1. The van der Waals surface area contributed by atoms with Crippen molar-refractivity contribution in [2.45, 2.75) is 24.3 Å². The molecule has 2 N–H and O–H groups in total. The van der Waals surface area contributed by atoms with Gasteiger partial charge in [0.05, 0.1) is 11.2 Å². The average molecular weight is 331 g/mol. The normalized spacial score (nSPS) is 19.0. The van der Waals surface area contributed by atoms with Crippen LogP contribution in [0.15, 0.2) is 28.1 Å². The molecular formula is C13H19ClN4O2S. The Bertz CT molecular complexity index is 683. The first kappa shape index (κ1) is 16.1. The van der Waals surface area contributed by atoms with Crippen LogP contribution in [0.2, 0.25) is 5.02 Å². The van der Waals surface area contributed by atoms with Gasteiger partial charge >= 0.3 is 0 Å². The molecule has 1 aromatic carbocycles. The second-order valence-electron chi connectivity index (χ2n) is 5.88. The molecule has 0 atom stereocenters. The predicted octanol–water partition coefficient (Wildman–Crippen LogP) is 1.74. The van der Waals surface area contributed by atoms with Crippen molar-refractivity contribution in [3.8, 4) is 0 Å². The lowest BCUT2D eigenvalue weighted by Gasteiger charge is -2.28. The maximum atomic E-state index is 12.2. The molecule has 0 radical (unpaired) electrons. The highest BCUT2D eigenvalue weighted by Crippen LogP contribution is 2.28. The number of aliphatic imine (C=N–C) groups is 1. The molecular weight excluding hydrogens is 312 g/mol. The summed E-state index contributed by atoms with van der Waals surface area (Å²) >= 11 is 5.85. The molecule has 1 aromatic rings. The Morgan fingerprint density at radius 1 is 1.33 bits per heavy atom. The standard InChI is InChI=1S/C13H19ClN4O2S/c1-13(2,8-18(3)4)16-12-15-10-6-5-9(14)7-11(10)21(19,20)17-12/h5-7H,8H2,1-4H3,(H2,15,16,17). The van der Waals surface area contributed by atoms with Gasteiger partial charge in [-0.1, -0.05) is 11.6 Å². The van der Waals surface area contributed by atoms with Crippen LogP contribution in [0.4, 0.5) is 5.69 Å². The first-order chi connectivity index (χ1) is 9.59. The largest absolute Gasteiger partial charge is 0.324 e. The van der Waals surface area contributed by atoms with E-state index in [0.29, 0.717) is 17.3 Å². The van der Waals surface area contributed by atoms with Gasteiger partial charge in [-0.3, -0.25) is 0 Å². The average Bonchev–Trinajstić information content (AvgIpc) is 2.27. The second kappa shape index (κ2) is 5.47. The maximum Gasteiger partial charge on any atom is 0.266 e. The topological polar surface area (TPSA) is 73.8 Å². The van der Waals surface area contributed by atoms with E-state index in [0.717, 1.165) is 0 Å². The Balaban J connectivity index is 2.38. The molecule has 8 heteroatoms. The van der Waals surface area contributed by atoms with Crippen LogP contribution < -0.4 is 10.0 Å². The number of nitrogens with one attached hydrogen (secondary N) is 2. The zero-order chi connectivity index (χ0) is 15.8. The van der Waals surface area contributed by atoms with Crippen LogP contribution >= 0.6 is 11.6 Å². The predicted molar refractivity (Wildman–Crippen MR) is 85.5 cm³/mol. The van der Waals surface area contributed by atoms with Gasteiger partial charge in [-0.2, -0.15) is 0 Å². The van der Waals surface area contributed by atoms with Crippen molar-refractivity contribution in [2.24, 2.45) is 4.99 Å². The summed E-state index contributed by atoms with van der Waals surface area (Å²) < 4.78 is 26.9. The number of guanidine groups is 1. The second-order valence-corrected chi connectivity index (χ2v) is 7.97. The Morgan fingerprint density at radius 3 is 2.62 bits per heavy atom. The van der Waals surface area contributed by atoms with Gasteiger partial charge in [0.15, 0.2) is 0 Å². The highest BCUT2D eigenvalue weighted by Gasteiger charge is 2.28. The molecule has 0 saturated heterocycles. The van der Waals surface area contributed by atoms with Gasteiger partial charge in [0, 0.05) is 11.6 Å². The third-order valence-electron chi connectivity index (χ3n) is 2.83. The number of rotatable bonds is 3. The molecule has 0 saturated carbocycles. The van der Waals surface area contributed by atoms with E-state index in [2.05, 4.69) is 15.0 Å². The summed E-state index contributed by atoms with van der Waals surface area (Å²) in [5.41, 5.74) is 0.0377. The zero-order valence-corrected chi connectivity index (χ0v) is 14.0. The summed E-state index contributed by atoms with van der Waals surface area (Å²) in [6, 6.07) is 4.68. The first-order valence-electron chi connectivity index (χ1n) is 6.43. The molecule has 6 nitrogen and oxygen atoms in total. The Morgan fingerprint density at radius 2 is 2.00 bits per heavy atom. The summed E-state index contributed by atoms with van der Waals surface area (Å²) in [5.74, 6) is 0.219. The van der Waals surface area contributed by atoms with Crippen LogP contribution in [0.25, 0.3) is 0 Å². The summed E-state index contributed by atoms with van der Waals surface area (Å²) in [7, 11) is 0.228. The van der Waals surface area contributed by atoms with Crippen LogP contribution in [-0.2, 0) is 10.0 Å². The van der Waals surface area contributed by atoms with Gasteiger partial charge in [0.25, 0.3) is 10.0 Å². The quantitative estimate of drug-likeness (QED) is 0.885. The SMILES string of the molecule is CN(C)CC(C)(C)N=C1Nc2ccc(Cl)cc2S(=O)(=O)N1. The number of halogens is 1. The fourth-order valence-electron chi connectivity index (χ4n) is 2.32. The van der Waals surface area contributed by atoms with E-state index in [4.69, 9.17) is 11.6 Å². The minimum absolute atomic E-state index is 0.124. The number of hydrogen-bond donors (Lipinski definition) is 2. The van der Waals surface area contributed by atoms with Crippen LogP contribution in [-0.4, -0.2) is 45.5 Å². The lowest BCUT2D eigenvalue weighted by Crippen LogP contribution is -2.44. The third kappa shape index (κ3) is 3.87. The van der Waals surface area contributed by atoms with Crippen LogP contribution in [0.5, 0.6) is 0 Å². The molecule has 2 rings (SSSR count). The highest BCUT2D eigenvalue weighted by atomic mass is 35.5. The molecule has 0 bridgehead atoms. The molecule has 1 heterocycles. The molecule has 0 amide bonds. The van der Waals surface area contributed by atoms with Gasteiger partial charge in [-0.25, -0.2) is 18.1 Å². The number of hydrogen-bond acceptors (Lipinski definition) is 4. The zero-order valence-electron chi connectivity index (χ0n) is 12.4. The van der Waals surface area contributed by atoms with Crippen molar-refractivity contribution in [3.63, 3.8) is 0 Å². The molecule has 0 aromatic heterocycles. The van der Waals surface area contributed by atoms with Crippen molar-refractivity contribution in [1.29, 1.82) is 0 Å². The van der Waals surface area contributed by atoms with Gasteiger partial charge in [-0.05, 0) is 46.1 Å². The van der Waals surface area contributed by atoms with Gasteiger partial charge in [-0.15, -0.1) is 0 Å². The summed E-state index contributed by atoms with van der Waals surface area (Å²) in [6.45, 7) is 4.56. The minimum atomic E-state index is -3.66. The lowest BCUT2D eigenvalue weighted by molar-refractivity contribution is 0.319. The Kier molecular flexibility index (Phi) is 4.19. The molecule has 0 aliphatic carbocycles. The highest BCUT2D eigenvalue weighted by molar-refractivity contribution is 7.90. The molecule has 21 heavy (non-hydrogen) atoms. The molecule has 0 unspecified atom stereocenters. The van der Waals surface area contributed by atoms with Gasteiger partial charge in [0.2, 0.25) is 5.96 Å². The lowest BCUT2D eigenvalue weighted by atomic mass is 10.1. The summed E-state index contributed by atoms with van der Waals surface area (Å²) in [4.78, 5) is 6.59. The van der Waals surface area contributed by atoms with E-state index in [9.17, 15) is 8.42 Å². The van der Waals surface area contributed by atoms with Crippen molar-refractivity contribution in [1.82, 2.24) is 9.62 Å².